The molecule has 1 N–H and O–H groups in total. The Bertz CT molecular complexity index is 384. The van der Waals surface area contributed by atoms with Crippen LogP contribution in [0, 0.1) is 6.92 Å². The van der Waals surface area contributed by atoms with Crippen LogP contribution in [-0.4, -0.2) is 33.6 Å². The molecule has 3 heteroatoms. The van der Waals surface area contributed by atoms with Gasteiger partial charge < -0.3 is 5.11 Å². The first kappa shape index (κ1) is 16.1. The fourth-order valence-corrected chi connectivity index (χ4v) is 3.16. The molecule has 0 aliphatic rings. The number of pyridine rings is 1. The summed E-state index contributed by atoms with van der Waals surface area (Å²) in [6, 6.07) is 1.97. The summed E-state index contributed by atoms with van der Waals surface area (Å²) in [7, 11) is 0. The van der Waals surface area contributed by atoms with Gasteiger partial charge in [0.05, 0.1) is 11.6 Å². The average molecular weight is 264 g/mol. The first-order valence-electron chi connectivity index (χ1n) is 7.40. The fraction of sp³-hybridized carbons (Fsp3) is 0.688. The SMILES string of the molecule is CCN(CC)C(CC)(CC)C(O)c1cnccc1C. The normalized spacial score (nSPS) is 13.8. The van der Waals surface area contributed by atoms with Crippen LogP contribution in [0.15, 0.2) is 18.5 Å². The molecule has 108 valence electrons. The molecule has 3 nitrogen and oxygen atoms in total. The van der Waals surface area contributed by atoms with Gasteiger partial charge in [-0.15, -0.1) is 0 Å². The van der Waals surface area contributed by atoms with Crippen LogP contribution in [0.1, 0.15) is 57.8 Å². The number of hydrogen-bond donors (Lipinski definition) is 1. The lowest BCUT2D eigenvalue weighted by Gasteiger charge is -2.46. The molecule has 1 atom stereocenters. The highest BCUT2D eigenvalue weighted by molar-refractivity contribution is 5.27. The Labute approximate surface area is 117 Å². The second kappa shape index (κ2) is 7.01. The number of aliphatic hydroxyl groups is 1. The van der Waals surface area contributed by atoms with Crippen molar-refractivity contribution in [3.05, 3.63) is 29.6 Å². The van der Waals surface area contributed by atoms with Crippen LogP contribution in [0.25, 0.3) is 0 Å². The van der Waals surface area contributed by atoms with Gasteiger partial charge in [-0.2, -0.15) is 0 Å². The lowest BCUT2D eigenvalue weighted by atomic mass is 9.80. The molecular formula is C16H28N2O. The number of rotatable bonds is 7. The monoisotopic (exact) mass is 264 g/mol. The molecule has 0 saturated carbocycles. The smallest absolute Gasteiger partial charge is 0.0990 e. The highest BCUT2D eigenvalue weighted by Crippen LogP contribution is 2.38. The van der Waals surface area contributed by atoms with E-state index in [4.69, 9.17) is 0 Å². The number of nitrogens with zero attached hydrogens (tertiary/aromatic N) is 2. The summed E-state index contributed by atoms with van der Waals surface area (Å²) in [5.74, 6) is 0. The number of hydrogen-bond acceptors (Lipinski definition) is 3. The zero-order valence-corrected chi connectivity index (χ0v) is 13.0. The van der Waals surface area contributed by atoms with Gasteiger partial charge >= 0.3 is 0 Å². The Balaban J connectivity index is 3.22. The van der Waals surface area contributed by atoms with E-state index in [9.17, 15) is 5.11 Å². The van der Waals surface area contributed by atoms with E-state index in [-0.39, 0.29) is 5.54 Å². The summed E-state index contributed by atoms with van der Waals surface area (Å²) < 4.78 is 0. The van der Waals surface area contributed by atoms with Crippen molar-refractivity contribution in [3.8, 4) is 0 Å². The Hall–Kier alpha value is -0.930. The van der Waals surface area contributed by atoms with Crippen molar-refractivity contribution < 1.29 is 5.11 Å². The van der Waals surface area contributed by atoms with E-state index in [2.05, 4.69) is 37.6 Å². The van der Waals surface area contributed by atoms with Crippen LogP contribution in [-0.2, 0) is 0 Å². The van der Waals surface area contributed by atoms with Gasteiger partial charge in [-0.1, -0.05) is 27.7 Å². The molecule has 0 saturated heterocycles. The zero-order valence-electron chi connectivity index (χ0n) is 13.0. The quantitative estimate of drug-likeness (QED) is 0.820. The van der Waals surface area contributed by atoms with E-state index >= 15 is 0 Å². The summed E-state index contributed by atoms with van der Waals surface area (Å²) >= 11 is 0. The predicted octanol–water partition coefficient (Wildman–Crippen LogP) is 3.32. The van der Waals surface area contributed by atoms with Crippen molar-refractivity contribution in [1.29, 1.82) is 0 Å². The van der Waals surface area contributed by atoms with Gasteiger partial charge in [-0.05, 0) is 44.5 Å². The Morgan fingerprint density at radius 1 is 1.21 bits per heavy atom. The van der Waals surface area contributed by atoms with Crippen molar-refractivity contribution >= 4 is 0 Å². The van der Waals surface area contributed by atoms with Crippen LogP contribution in [0.5, 0.6) is 0 Å². The lowest BCUT2D eigenvalue weighted by molar-refractivity contribution is -0.0370. The van der Waals surface area contributed by atoms with Gasteiger partial charge in [0.25, 0.3) is 0 Å². The van der Waals surface area contributed by atoms with E-state index in [1.807, 2.05) is 19.2 Å². The molecule has 1 rings (SSSR count). The third-order valence-corrected chi connectivity index (χ3v) is 4.50. The third kappa shape index (κ3) is 2.98. The van der Waals surface area contributed by atoms with Crippen molar-refractivity contribution in [2.24, 2.45) is 0 Å². The molecule has 1 unspecified atom stereocenters. The summed E-state index contributed by atoms with van der Waals surface area (Å²) in [4.78, 5) is 6.56. The maximum atomic E-state index is 11.0. The second-order valence-corrected chi connectivity index (χ2v) is 5.12. The van der Waals surface area contributed by atoms with E-state index < -0.39 is 6.10 Å². The number of aromatic nitrogens is 1. The zero-order chi connectivity index (χ0) is 14.5. The van der Waals surface area contributed by atoms with Gasteiger partial charge in [-0.3, -0.25) is 9.88 Å². The van der Waals surface area contributed by atoms with Gasteiger partial charge in [0, 0.05) is 18.0 Å². The number of likely N-dealkylation sites (N-methyl/N-ethyl adjacent to an activating group) is 1. The first-order valence-corrected chi connectivity index (χ1v) is 7.40. The molecule has 1 aromatic heterocycles. The molecule has 0 bridgehead atoms. The topological polar surface area (TPSA) is 36.4 Å². The van der Waals surface area contributed by atoms with Crippen molar-refractivity contribution in [1.82, 2.24) is 9.88 Å². The molecule has 0 aliphatic carbocycles. The molecule has 0 aliphatic heterocycles. The number of aryl methyl sites for hydroxylation is 1. The van der Waals surface area contributed by atoms with E-state index in [0.29, 0.717) is 0 Å². The average Bonchev–Trinajstić information content (AvgIpc) is 2.44. The molecule has 1 aromatic rings. The highest BCUT2D eigenvalue weighted by atomic mass is 16.3. The standard InChI is InChI=1S/C16H28N2O/c1-6-16(7-2,18(8-3)9-4)15(19)14-12-17-11-10-13(14)5/h10-12,15,19H,6-9H2,1-5H3. The largest absolute Gasteiger partial charge is 0.386 e. The minimum atomic E-state index is -0.490. The first-order chi connectivity index (χ1) is 9.07. The molecule has 0 amide bonds. The minimum Gasteiger partial charge on any atom is -0.386 e. The van der Waals surface area contributed by atoms with Gasteiger partial charge in [0.2, 0.25) is 0 Å². The van der Waals surface area contributed by atoms with Crippen molar-refractivity contribution in [2.75, 3.05) is 13.1 Å². The summed E-state index contributed by atoms with van der Waals surface area (Å²) in [6.07, 6.45) is 4.96. The van der Waals surface area contributed by atoms with Gasteiger partial charge in [0.15, 0.2) is 0 Å². The summed E-state index contributed by atoms with van der Waals surface area (Å²) in [5, 5.41) is 11.0. The van der Waals surface area contributed by atoms with Crippen LogP contribution >= 0.6 is 0 Å². The summed E-state index contributed by atoms with van der Waals surface area (Å²) in [5.41, 5.74) is 1.87. The number of aliphatic hydroxyl groups excluding tert-OH is 1. The van der Waals surface area contributed by atoms with Crippen LogP contribution < -0.4 is 0 Å². The van der Waals surface area contributed by atoms with Crippen molar-refractivity contribution in [2.45, 2.75) is 59.1 Å². The molecule has 1 heterocycles. The Kier molecular flexibility index (Phi) is 5.95. The minimum absolute atomic E-state index is 0.197. The fourth-order valence-electron chi connectivity index (χ4n) is 3.16. The predicted molar refractivity (Wildman–Crippen MR) is 80.2 cm³/mol. The summed E-state index contributed by atoms with van der Waals surface area (Å²) in [6.45, 7) is 12.6. The Morgan fingerprint density at radius 2 is 1.79 bits per heavy atom. The van der Waals surface area contributed by atoms with Crippen LogP contribution in [0.2, 0.25) is 0 Å². The third-order valence-electron chi connectivity index (χ3n) is 4.50. The van der Waals surface area contributed by atoms with E-state index in [1.165, 1.54) is 0 Å². The maximum absolute atomic E-state index is 11.0. The Morgan fingerprint density at radius 3 is 2.21 bits per heavy atom. The lowest BCUT2D eigenvalue weighted by Crippen LogP contribution is -2.52. The second-order valence-electron chi connectivity index (χ2n) is 5.12. The molecule has 19 heavy (non-hydrogen) atoms. The van der Waals surface area contributed by atoms with E-state index in [0.717, 1.165) is 37.1 Å². The van der Waals surface area contributed by atoms with Crippen LogP contribution in [0.4, 0.5) is 0 Å². The molecule has 0 fully saturated rings. The van der Waals surface area contributed by atoms with Crippen molar-refractivity contribution in [3.63, 3.8) is 0 Å². The van der Waals surface area contributed by atoms with Gasteiger partial charge in [0.1, 0.15) is 0 Å². The van der Waals surface area contributed by atoms with E-state index in [1.54, 1.807) is 6.20 Å². The molecule has 0 radical (unpaired) electrons. The molecule has 0 spiro atoms. The highest BCUT2D eigenvalue weighted by Gasteiger charge is 2.40. The van der Waals surface area contributed by atoms with Gasteiger partial charge in [-0.25, -0.2) is 0 Å². The maximum Gasteiger partial charge on any atom is 0.0990 e. The molecular weight excluding hydrogens is 236 g/mol. The van der Waals surface area contributed by atoms with Crippen LogP contribution in [0.3, 0.4) is 0 Å². The molecule has 0 aromatic carbocycles.